The van der Waals surface area contributed by atoms with E-state index in [9.17, 15) is 4.79 Å². The molecule has 2 N–H and O–H groups in total. The second kappa shape index (κ2) is 9.21. The predicted octanol–water partition coefficient (Wildman–Crippen LogP) is 5.29. The number of pyridine rings is 1. The quantitative estimate of drug-likeness (QED) is 0.420. The van der Waals surface area contributed by atoms with E-state index in [1.54, 1.807) is 32.2 Å². The van der Waals surface area contributed by atoms with E-state index in [0.717, 1.165) is 29.5 Å². The number of carbonyl (C=O) groups excluding carboxylic acids is 1. The summed E-state index contributed by atoms with van der Waals surface area (Å²) in [5.41, 5.74) is 2.33. The molecule has 5 atom stereocenters. The minimum atomic E-state index is -3.08. The molecule has 36 heavy (non-hydrogen) atoms. The molecule has 0 unspecified atom stereocenters. The van der Waals surface area contributed by atoms with Gasteiger partial charge in [0, 0.05) is 36.1 Å². The molecule has 1 saturated heterocycles. The number of allylic oxidation sites excluding steroid dienone is 1. The third-order valence-corrected chi connectivity index (χ3v) is 8.11. The highest BCUT2D eigenvalue weighted by molar-refractivity contribution is 7.80. The number of hydrogen-bond acceptors (Lipinski definition) is 4. The minimum Gasteiger partial charge on any atom is -0.460 e. The van der Waals surface area contributed by atoms with Crippen LogP contribution in [0.25, 0.3) is 17.2 Å². The summed E-state index contributed by atoms with van der Waals surface area (Å²) in [7, 11) is 0. The normalized spacial score (nSPS) is 31.1. The molecule has 2 aliphatic carbocycles. The van der Waals surface area contributed by atoms with Gasteiger partial charge in [0.15, 0.2) is 5.11 Å². The molecular formula is C28H31F2N3O2S. The van der Waals surface area contributed by atoms with Gasteiger partial charge < -0.3 is 15.4 Å². The molecule has 0 amide bonds. The minimum absolute atomic E-state index is 0.232. The summed E-state index contributed by atoms with van der Waals surface area (Å²) < 4.78 is 36.4. The number of aryl methyl sites for hydroxylation is 1. The van der Waals surface area contributed by atoms with Crippen LogP contribution in [0, 0.1) is 24.7 Å². The molecule has 0 spiro atoms. The van der Waals surface area contributed by atoms with Gasteiger partial charge in [-0.25, -0.2) is 13.6 Å². The Labute approximate surface area is 215 Å². The van der Waals surface area contributed by atoms with Crippen molar-refractivity contribution in [2.75, 3.05) is 0 Å². The van der Waals surface area contributed by atoms with Gasteiger partial charge >= 0.3 is 5.97 Å². The molecule has 1 aromatic carbocycles. The van der Waals surface area contributed by atoms with Crippen LogP contribution in [0.15, 0.2) is 48.7 Å². The maximum absolute atomic E-state index is 15.4. The van der Waals surface area contributed by atoms with Crippen LogP contribution in [-0.2, 0) is 9.53 Å². The Kier molecular flexibility index (Phi) is 6.35. The lowest BCUT2D eigenvalue weighted by atomic mass is 9.60. The molecule has 0 bridgehead atoms. The average molecular weight is 512 g/mol. The molecule has 0 radical (unpaired) electrons. The molecule has 190 valence electrons. The van der Waals surface area contributed by atoms with Gasteiger partial charge in [-0.2, -0.15) is 0 Å². The lowest BCUT2D eigenvalue weighted by molar-refractivity contribution is -0.157. The first-order valence-electron chi connectivity index (χ1n) is 12.5. The molecule has 5 rings (SSSR count). The van der Waals surface area contributed by atoms with E-state index in [-0.39, 0.29) is 11.2 Å². The Bertz CT molecular complexity index is 1200. The molecule has 1 aromatic heterocycles. The molecule has 1 aliphatic heterocycles. The van der Waals surface area contributed by atoms with Crippen molar-refractivity contribution < 1.29 is 18.3 Å². The van der Waals surface area contributed by atoms with E-state index in [1.807, 2.05) is 43.3 Å². The zero-order valence-electron chi connectivity index (χ0n) is 20.6. The highest BCUT2D eigenvalue weighted by Crippen LogP contribution is 2.55. The molecular weight excluding hydrogens is 480 g/mol. The highest BCUT2D eigenvalue weighted by Gasteiger charge is 2.68. The number of carbonyl (C=O) groups is 1. The zero-order chi connectivity index (χ0) is 25.7. The number of cyclic esters (lactones) is 1. The summed E-state index contributed by atoms with van der Waals surface area (Å²) in [4.78, 5) is 17.6. The molecule has 3 aliphatic rings. The first kappa shape index (κ1) is 24.8. The molecule has 5 nitrogen and oxygen atoms in total. The number of rotatable bonds is 5. The Balaban J connectivity index is 1.43. The number of halogens is 2. The topological polar surface area (TPSA) is 63.2 Å². The molecule has 2 heterocycles. The van der Waals surface area contributed by atoms with Crippen molar-refractivity contribution in [1.82, 2.24) is 15.6 Å². The van der Waals surface area contributed by atoms with Gasteiger partial charge in [-0.15, -0.1) is 0 Å². The van der Waals surface area contributed by atoms with Crippen LogP contribution in [-0.4, -0.2) is 39.7 Å². The molecule has 3 fully saturated rings. The van der Waals surface area contributed by atoms with Crippen molar-refractivity contribution in [3.63, 3.8) is 0 Å². The number of thiocarbonyl (C=S) groups is 1. The first-order valence-corrected chi connectivity index (χ1v) is 12.9. The lowest BCUT2D eigenvalue weighted by Crippen LogP contribution is -2.67. The lowest BCUT2D eigenvalue weighted by Gasteiger charge is -2.48. The molecule has 2 saturated carbocycles. The van der Waals surface area contributed by atoms with Crippen molar-refractivity contribution in [3.05, 3.63) is 59.9 Å². The Hall–Kier alpha value is -2.87. The third kappa shape index (κ3) is 4.51. The average Bonchev–Trinajstić information content (AvgIpc) is 3.60. The first-order chi connectivity index (χ1) is 17.1. The van der Waals surface area contributed by atoms with Gasteiger partial charge in [-0.3, -0.25) is 4.98 Å². The van der Waals surface area contributed by atoms with Crippen LogP contribution in [0.5, 0.6) is 0 Å². The smallest absolute Gasteiger partial charge is 0.332 e. The van der Waals surface area contributed by atoms with Gasteiger partial charge in [0.2, 0.25) is 0 Å². The van der Waals surface area contributed by atoms with Crippen LogP contribution in [0.3, 0.4) is 0 Å². The Morgan fingerprint density at radius 3 is 2.61 bits per heavy atom. The second-order valence-corrected chi connectivity index (χ2v) is 10.8. The van der Waals surface area contributed by atoms with Crippen molar-refractivity contribution in [3.8, 4) is 11.1 Å². The number of hydrogen-bond donors (Lipinski definition) is 2. The highest BCUT2D eigenvalue weighted by atomic mass is 32.1. The summed E-state index contributed by atoms with van der Waals surface area (Å²) in [5.74, 6) is -5.85. The number of esters is 1. The van der Waals surface area contributed by atoms with Crippen molar-refractivity contribution >= 4 is 29.4 Å². The van der Waals surface area contributed by atoms with E-state index in [1.165, 1.54) is 0 Å². The fourth-order valence-electron chi connectivity index (χ4n) is 5.73. The second-order valence-electron chi connectivity index (χ2n) is 10.4. The number of nitrogens with one attached hydrogen (secondary N) is 2. The number of alkyl halides is 2. The van der Waals surface area contributed by atoms with Crippen molar-refractivity contribution in [2.45, 2.75) is 63.6 Å². The van der Waals surface area contributed by atoms with Crippen molar-refractivity contribution in [2.24, 2.45) is 17.8 Å². The van der Waals surface area contributed by atoms with Gasteiger partial charge in [0.1, 0.15) is 11.6 Å². The number of nitrogens with zero attached hydrogens (tertiary/aromatic N) is 1. The van der Waals surface area contributed by atoms with Gasteiger partial charge in [0.05, 0.1) is 5.69 Å². The van der Waals surface area contributed by atoms with Gasteiger partial charge in [0.25, 0.3) is 5.92 Å². The predicted molar refractivity (Wildman–Crippen MR) is 139 cm³/mol. The summed E-state index contributed by atoms with van der Waals surface area (Å²) >= 11 is 5.40. The van der Waals surface area contributed by atoms with Crippen molar-refractivity contribution in [1.29, 1.82) is 0 Å². The van der Waals surface area contributed by atoms with Crippen LogP contribution in [0.4, 0.5) is 8.78 Å². The largest absolute Gasteiger partial charge is 0.460 e. The SMILES string of the molecule is Cc1ccccc1-c1ccc(/C=C/[C@@H]2[C@@H]3[C@@H](C)OC(=O)[C@]3(NC(=S)NC3CC3)CC(F)(F)[C@H]2C)nc1. The maximum Gasteiger partial charge on any atom is 0.332 e. The van der Waals surface area contributed by atoms with Crippen LogP contribution < -0.4 is 10.6 Å². The van der Waals surface area contributed by atoms with Gasteiger partial charge in [-0.1, -0.05) is 43.3 Å². The zero-order valence-corrected chi connectivity index (χ0v) is 21.4. The summed E-state index contributed by atoms with van der Waals surface area (Å²) in [6, 6.07) is 12.2. The van der Waals surface area contributed by atoms with E-state index in [0.29, 0.717) is 5.69 Å². The Morgan fingerprint density at radius 2 is 1.94 bits per heavy atom. The number of aromatic nitrogens is 1. The Morgan fingerprint density at radius 1 is 1.19 bits per heavy atom. The number of fused-ring (bicyclic) bond motifs is 1. The fraction of sp³-hybridized carbons (Fsp3) is 0.464. The number of ether oxygens (including phenoxy) is 1. The van der Waals surface area contributed by atoms with E-state index in [2.05, 4.69) is 15.6 Å². The van der Waals surface area contributed by atoms with Crippen LogP contribution >= 0.6 is 12.2 Å². The van der Waals surface area contributed by atoms with Crippen LogP contribution in [0.1, 0.15) is 44.4 Å². The fourth-order valence-corrected chi connectivity index (χ4v) is 6.08. The molecule has 8 heteroatoms. The van der Waals surface area contributed by atoms with Crippen LogP contribution in [0.2, 0.25) is 0 Å². The van der Waals surface area contributed by atoms with Gasteiger partial charge in [-0.05, 0) is 68.1 Å². The number of benzene rings is 1. The monoisotopic (exact) mass is 511 g/mol. The van der Waals surface area contributed by atoms with E-state index < -0.39 is 47.7 Å². The summed E-state index contributed by atoms with van der Waals surface area (Å²) in [5, 5.41) is 6.35. The molecule has 2 aromatic rings. The van der Waals surface area contributed by atoms with E-state index in [4.69, 9.17) is 17.0 Å². The summed E-state index contributed by atoms with van der Waals surface area (Å²) in [6.45, 7) is 5.37. The van der Waals surface area contributed by atoms with E-state index >= 15 is 8.78 Å². The standard InChI is InChI=1S/C28H31F2N3O2S/c1-16-6-4-5-7-22(16)19-8-9-20(31-14-19)12-13-23-17(2)28(29,30)15-27(24(23)18(3)35-25(27)34)33-26(36)32-21-10-11-21/h4-9,12-14,17-18,21,23-24H,10-11,15H2,1-3H3,(H2,32,33,36)/b13-12+/t17-,18+,23-,24-,27-/m0/s1. The third-order valence-electron chi connectivity index (χ3n) is 7.89. The summed E-state index contributed by atoms with van der Waals surface area (Å²) in [6.07, 6.45) is 6.11. The maximum atomic E-state index is 15.4.